The number of thiocarbonyl (C=S) groups is 1. The van der Waals surface area contributed by atoms with Gasteiger partial charge < -0.3 is 10.5 Å². The summed E-state index contributed by atoms with van der Waals surface area (Å²) in [6.07, 6.45) is 0. The summed E-state index contributed by atoms with van der Waals surface area (Å²) in [6, 6.07) is 9.52. The second-order valence-electron chi connectivity index (χ2n) is 2.92. The molecule has 0 fully saturated rings. The summed E-state index contributed by atoms with van der Waals surface area (Å²) in [5.74, 6) is 0.808. The van der Waals surface area contributed by atoms with Gasteiger partial charge in [-0.2, -0.15) is 5.10 Å². The van der Waals surface area contributed by atoms with Crippen molar-refractivity contribution in [3.8, 4) is 5.75 Å². The van der Waals surface area contributed by atoms with Crippen LogP contribution in [0.2, 0.25) is 0 Å². The highest BCUT2D eigenvalue weighted by molar-refractivity contribution is 7.80. The molecule has 0 radical (unpaired) electrons. The van der Waals surface area contributed by atoms with E-state index < -0.39 is 0 Å². The van der Waals surface area contributed by atoms with Crippen LogP contribution in [0.1, 0.15) is 6.92 Å². The van der Waals surface area contributed by atoms with E-state index in [-0.39, 0.29) is 5.11 Å². The first-order valence-electron chi connectivity index (χ1n) is 4.45. The molecule has 0 spiro atoms. The number of benzene rings is 1. The molecule has 1 aromatic rings. The molecule has 0 aliphatic rings. The Balaban J connectivity index is 2.37. The third kappa shape index (κ3) is 4.97. The molecule has 0 unspecified atom stereocenters. The van der Waals surface area contributed by atoms with Crippen molar-refractivity contribution in [1.29, 1.82) is 0 Å². The highest BCUT2D eigenvalue weighted by atomic mass is 32.1. The normalized spacial score (nSPS) is 10.9. The summed E-state index contributed by atoms with van der Waals surface area (Å²) >= 11 is 4.61. The first-order valence-corrected chi connectivity index (χ1v) is 4.86. The molecule has 15 heavy (non-hydrogen) atoms. The number of hydrogen-bond acceptors (Lipinski definition) is 3. The van der Waals surface area contributed by atoms with Crippen LogP contribution < -0.4 is 15.9 Å². The molecule has 3 N–H and O–H groups in total. The SMILES string of the molecule is CC(COc1ccccc1)=NNC(N)=S. The first kappa shape index (κ1) is 11.5. The third-order valence-electron chi connectivity index (χ3n) is 1.55. The van der Waals surface area contributed by atoms with Crippen molar-refractivity contribution in [1.82, 2.24) is 5.43 Å². The van der Waals surface area contributed by atoms with Crippen molar-refractivity contribution in [3.05, 3.63) is 30.3 Å². The van der Waals surface area contributed by atoms with E-state index >= 15 is 0 Å². The minimum absolute atomic E-state index is 0.147. The summed E-state index contributed by atoms with van der Waals surface area (Å²) in [5, 5.41) is 4.06. The molecule has 5 heteroatoms. The van der Waals surface area contributed by atoms with E-state index in [4.69, 9.17) is 10.5 Å². The van der Waals surface area contributed by atoms with Crippen LogP contribution in [0, 0.1) is 0 Å². The van der Waals surface area contributed by atoms with Crippen molar-refractivity contribution in [2.45, 2.75) is 6.92 Å². The van der Waals surface area contributed by atoms with Crippen molar-refractivity contribution < 1.29 is 4.74 Å². The molecule has 0 saturated carbocycles. The molecule has 0 bridgehead atoms. The number of hydrazone groups is 1. The van der Waals surface area contributed by atoms with Crippen molar-refractivity contribution in [3.63, 3.8) is 0 Å². The lowest BCUT2D eigenvalue weighted by Gasteiger charge is -2.05. The fourth-order valence-corrected chi connectivity index (χ4v) is 0.933. The Morgan fingerprint density at radius 1 is 1.47 bits per heavy atom. The van der Waals surface area contributed by atoms with Gasteiger partial charge in [0.05, 0.1) is 5.71 Å². The van der Waals surface area contributed by atoms with E-state index in [1.165, 1.54) is 0 Å². The van der Waals surface area contributed by atoms with Gasteiger partial charge in [-0.25, -0.2) is 0 Å². The summed E-state index contributed by atoms with van der Waals surface area (Å²) < 4.78 is 5.45. The standard InChI is InChI=1S/C10H13N3OS/c1-8(12-13-10(11)15)7-14-9-5-3-2-4-6-9/h2-6H,7H2,1H3,(H3,11,13,15). The topological polar surface area (TPSA) is 59.6 Å². The van der Waals surface area contributed by atoms with Gasteiger partial charge in [0.25, 0.3) is 0 Å². The fourth-order valence-electron chi connectivity index (χ4n) is 0.887. The molecular weight excluding hydrogens is 210 g/mol. The van der Waals surface area contributed by atoms with Gasteiger partial charge in [0.15, 0.2) is 5.11 Å². The zero-order valence-electron chi connectivity index (χ0n) is 8.43. The lowest BCUT2D eigenvalue weighted by Crippen LogP contribution is -2.26. The maximum absolute atomic E-state index is 5.45. The van der Waals surface area contributed by atoms with Gasteiger partial charge in [-0.05, 0) is 31.3 Å². The minimum Gasteiger partial charge on any atom is -0.488 e. The van der Waals surface area contributed by atoms with Crippen LogP contribution in [-0.4, -0.2) is 17.4 Å². The number of nitrogens with one attached hydrogen (secondary N) is 1. The quantitative estimate of drug-likeness (QED) is 0.458. The molecule has 0 aromatic heterocycles. The minimum atomic E-state index is 0.147. The lowest BCUT2D eigenvalue weighted by molar-refractivity contribution is 0.375. The molecule has 0 heterocycles. The van der Waals surface area contributed by atoms with E-state index in [9.17, 15) is 0 Å². The number of para-hydroxylation sites is 1. The fraction of sp³-hybridized carbons (Fsp3) is 0.200. The Morgan fingerprint density at radius 3 is 2.73 bits per heavy atom. The molecule has 80 valence electrons. The summed E-state index contributed by atoms with van der Waals surface area (Å²) in [5.41, 5.74) is 8.49. The molecule has 0 saturated heterocycles. The summed E-state index contributed by atoms with van der Waals surface area (Å²) in [6.45, 7) is 2.23. The van der Waals surface area contributed by atoms with Crippen LogP contribution in [0.3, 0.4) is 0 Å². The van der Waals surface area contributed by atoms with Gasteiger partial charge >= 0.3 is 0 Å². The molecule has 1 rings (SSSR count). The van der Waals surface area contributed by atoms with E-state index in [1.807, 2.05) is 37.3 Å². The second-order valence-corrected chi connectivity index (χ2v) is 3.36. The molecular formula is C10H13N3OS. The van der Waals surface area contributed by atoms with Gasteiger partial charge in [-0.1, -0.05) is 18.2 Å². The van der Waals surface area contributed by atoms with Gasteiger partial charge in [0.1, 0.15) is 12.4 Å². The average Bonchev–Trinajstić information content (AvgIpc) is 2.25. The molecule has 0 atom stereocenters. The van der Waals surface area contributed by atoms with Crippen LogP contribution in [-0.2, 0) is 0 Å². The Bertz CT molecular complexity index is 351. The van der Waals surface area contributed by atoms with Crippen LogP contribution in [0.15, 0.2) is 35.4 Å². The Morgan fingerprint density at radius 2 is 2.13 bits per heavy atom. The summed E-state index contributed by atoms with van der Waals surface area (Å²) in [4.78, 5) is 0. The predicted octanol–water partition coefficient (Wildman–Crippen LogP) is 1.27. The van der Waals surface area contributed by atoms with Crippen molar-refractivity contribution in [2.24, 2.45) is 10.8 Å². The average molecular weight is 223 g/mol. The monoisotopic (exact) mass is 223 g/mol. The Labute approximate surface area is 94.1 Å². The lowest BCUT2D eigenvalue weighted by atomic mass is 10.3. The van der Waals surface area contributed by atoms with E-state index in [1.54, 1.807) is 0 Å². The number of nitrogens with two attached hydrogens (primary N) is 1. The van der Waals surface area contributed by atoms with Crippen LogP contribution in [0.25, 0.3) is 0 Å². The van der Waals surface area contributed by atoms with Crippen LogP contribution >= 0.6 is 12.2 Å². The Hall–Kier alpha value is -1.62. The second kappa shape index (κ2) is 5.98. The van der Waals surface area contributed by atoms with Gasteiger partial charge in [-0.15, -0.1) is 0 Å². The zero-order chi connectivity index (χ0) is 11.1. The van der Waals surface area contributed by atoms with E-state index in [0.29, 0.717) is 6.61 Å². The van der Waals surface area contributed by atoms with Crippen molar-refractivity contribution in [2.75, 3.05) is 6.61 Å². The van der Waals surface area contributed by atoms with Gasteiger partial charge in [-0.3, -0.25) is 5.43 Å². The largest absolute Gasteiger partial charge is 0.488 e. The molecule has 0 aliphatic heterocycles. The van der Waals surface area contributed by atoms with Crippen molar-refractivity contribution >= 4 is 23.0 Å². The third-order valence-corrected chi connectivity index (χ3v) is 1.64. The predicted molar refractivity (Wildman–Crippen MR) is 65.0 cm³/mol. The maximum Gasteiger partial charge on any atom is 0.184 e. The maximum atomic E-state index is 5.45. The highest BCUT2D eigenvalue weighted by Gasteiger charge is 1.94. The zero-order valence-corrected chi connectivity index (χ0v) is 9.25. The molecule has 4 nitrogen and oxygen atoms in total. The number of hydrogen-bond donors (Lipinski definition) is 2. The Kier molecular flexibility index (Phi) is 4.56. The number of ether oxygens (including phenoxy) is 1. The van der Waals surface area contributed by atoms with Gasteiger partial charge in [0, 0.05) is 0 Å². The summed E-state index contributed by atoms with van der Waals surface area (Å²) in [7, 11) is 0. The van der Waals surface area contributed by atoms with E-state index in [2.05, 4.69) is 22.7 Å². The number of nitrogens with zero attached hydrogens (tertiary/aromatic N) is 1. The molecule has 1 aromatic carbocycles. The van der Waals surface area contributed by atoms with Crippen LogP contribution in [0.4, 0.5) is 0 Å². The molecule has 0 aliphatic carbocycles. The smallest absolute Gasteiger partial charge is 0.184 e. The van der Waals surface area contributed by atoms with E-state index in [0.717, 1.165) is 11.5 Å². The first-order chi connectivity index (χ1) is 7.18. The number of rotatable bonds is 4. The highest BCUT2D eigenvalue weighted by Crippen LogP contribution is 2.07. The van der Waals surface area contributed by atoms with Crippen LogP contribution in [0.5, 0.6) is 5.75 Å². The molecule has 0 amide bonds. The van der Waals surface area contributed by atoms with Gasteiger partial charge in [0.2, 0.25) is 0 Å².